The molecule has 0 bridgehead atoms. The van der Waals surface area contributed by atoms with Gasteiger partial charge in [0.2, 0.25) is 5.91 Å². The number of aryl methyl sites for hydroxylation is 1. The average molecular weight is 345 g/mol. The summed E-state index contributed by atoms with van der Waals surface area (Å²) in [4.78, 5) is 12.3. The fourth-order valence-corrected chi connectivity index (χ4v) is 3.81. The lowest BCUT2D eigenvalue weighted by Crippen LogP contribution is -2.44. The second kappa shape index (κ2) is 8.61. The SMILES string of the molecule is C[C@H](N[C@@H](C)c1nnc2n1CCCC2)C(=O)NCCC1=CCCCC1. The Bertz CT molecular complexity index is 621. The van der Waals surface area contributed by atoms with Crippen LogP contribution in [0.25, 0.3) is 0 Å². The highest BCUT2D eigenvalue weighted by Gasteiger charge is 2.23. The predicted molar refractivity (Wildman–Crippen MR) is 98.2 cm³/mol. The summed E-state index contributed by atoms with van der Waals surface area (Å²) in [7, 11) is 0. The fraction of sp³-hybridized carbons (Fsp3) is 0.737. The molecule has 2 atom stereocenters. The highest BCUT2D eigenvalue weighted by molar-refractivity contribution is 5.81. The first kappa shape index (κ1) is 18.1. The zero-order chi connectivity index (χ0) is 17.6. The molecular weight excluding hydrogens is 314 g/mol. The summed E-state index contributed by atoms with van der Waals surface area (Å²) in [6, 6.07) is -0.229. The molecule has 1 amide bonds. The summed E-state index contributed by atoms with van der Waals surface area (Å²) in [5, 5.41) is 15.1. The van der Waals surface area contributed by atoms with Crippen molar-refractivity contribution >= 4 is 5.91 Å². The molecule has 2 N–H and O–H groups in total. The number of hydrogen-bond donors (Lipinski definition) is 2. The minimum atomic E-state index is -0.244. The topological polar surface area (TPSA) is 71.8 Å². The highest BCUT2D eigenvalue weighted by atomic mass is 16.2. The van der Waals surface area contributed by atoms with Gasteiger partial charge in [-0.3, -0.25) is 10.1 Å². The van der Waals surface area contributed by atoms with Gasteiger partial charge in [0.15, 0.2) is 0 Å². The van der Waals surface area contributed by atoms with E-state index in [1.54, 1.807) is 0 Å². The van der Waals surface area contributed by atoms with E-state index >= 15 is 0 Å². The lowest BCUT2D eigenvalue weighted by molar-refractivity contribution is -0.122. The van der Waals surface area contributed by atoms with E-state index in [0.29, 0.717) is 0 Å². The van der Waals surface area contributed by atoms with Crippen molar-refractivity contribution in [3.8, 4) is 0 Å². The first-order valence-corrected chi connectivity index (χ1v) is 9.79. The van der Waals surface area contributed by atoms with Crippen LogP contribution in [0, 0.1) is 0 Å². The van der Waals surface area contributed by atoms with Crippen molar-refractivity contribution in [2.24, 2.45) is 0 Å². The molecule has 2 aliphatic rings. The summed E-state index contributed by atoms with van der Waals surface area (Å²) in [6.45, 7) is 5.69. The molecule has 0 radical (unpaired) electrons. The van der Waals surface area contributed by atoms with Crippen molar-refractivity contribution in [2.45, 2.75) is 83.8 Å². The number of carbonyl (C=O) groups is 1. The Morgan fingerprint density at radius 3 is 2.84 bits per heavy atom. The number of allylic oxidation sites excluding steroid dienone is 1. The molecule has 0 saturated heterocycles. The maximum atomic E-state index is 12.3. The molecule has 0 spiro atoms. The van der Waals surface area contributed by atoms with Gasteiger partial charge in [-0.2, -0.15) is 0 Å². The molecular formula is C19H31N5O. The van der Waals surface area contributed by atoms with Crippen LogP contribution in [-0.2, 0) is 17.8 Å². The van der Waals surface area contributed by atoms with E-state index in [1.807, 2.05) is 6.92 Å². The summed E-state index contributed by atoms with van der Waals surface area (Å²) in [5.41, 5.74) is 1.50. The van der Waals surface area contributed by atoms with Crippen LogP contribution in [-0.4, -0.2) is 33.3 Å². The van der Waals surface area contributed by atoms with Crippen molar-refractivity contribution in [1.82, 2.24) is 25.4 Å². The molecule has 6 heteroatoms. The van der Waals surface area contributed by atoms with Gasteiger partial charge in [-0.15, -0.1) is 10.2 Å². The number of hydrogen-bond acceptors (Lipinski definition) is 4. The standard InChI is InChI=1S/C19H31N5O/c1-14(18-23-22-17-10-6-7-13-24(17)18)21-15(2)19(25)20-12-11-16-8-4-3-5-9-16/h8,14-15,21H,3-7,9-13H2,1-2H3,(H,20,25)/t14-,15-/m0/s1. The summed E-state index contributed by atoms with van der Waals surface area (Å²) >= 11 is 0. The number of nitrogens with one attached hydrogen (secondary N) is 2. The van der Waals surface area contributed by atoms with E-state index in [9.17, 15) is 4.79 Å². The third-order valence-electron chi connectivity index (χ3n) is 5.30. The van der Waals surface area contributed by atoms with Crippen molar-refractivity contribution in [3.05, 3.63) is 23.3 Å². The normalized spacial score (nSPS) is 19.7. The number of aromatic nitrogens is 3. The molecule has 25 heavy (non-hydrogen) atoms. The van der Waals surface area contributed by atoms with Gasteiger partial charge in [-0.05, 0) is 58.8 Å². The van der Waals surface area contributed by atoms with Gasteiger partial charge in [0.05, 0.1) is 12.1 Å². The molecule has 1 aliphatic heterocycles. The minimum absolute atomic E-state index is 0.0150. The van der Waals surface area contributed by atoms with E-state index in [0.717, 1.165) is 37.6 Å². The number of fused-ring (bicyclic) bond motifs is 1. The van der Waals surface area contributed by atoms with Crippen LogP contribution >= 0.6 is 0 Å². The maximum Gasteiger partial charge on any atom is 0.236 e. The molecule has 0 unspecified atom stereocenters. The van der Waals surface area contributed by atoms with E-state index in [1.165, 1.54) is 44.1 Å². The molecule has 0 fully saturated rings. The first-order chi connectivity index (χ1) is 12.1. The van der Waals surface area contributed by atoms with Gasteiger partial charge in [0.25, 0.3) is 0 Å². The van der Waals surface area contributed by atoms with Gasteiger partial charge in [0.1, 0.15) is 11.6 Å². The van der Waals surface area contributed by atoms with Gasteiger partial charge < -0.3 is 9.88 Å². The van der Waals surface area contributed by atoms with Crippen molar-refractivity contribution in [1.29, 1.82) is 0 Å². The largest absolute Gasteiger partial charge is 0.354 e. The third-order valence-corrected chi connectivity index (χ3v) is 5.30. The number of amides is 1. The smallest absolute Gasteiger partial charge is 0.236 e. The van der Waals surface area contributed by atoms with E-state index in [-0.39, 0.29) is 18.0 Å². The van der Waals surface area contributed by atoms with Crippen molar-refractivity contribution in [2.75, 3.05) is 6.54 Å². The zero-order valence-corrected chi connectivity index (χ0v) is 15.6. The quantitative estimate of drug-likeness (QED) is 0.745. The van der Waals surface area contributed by atoms with Crippen molar-refractivity contribution < 1.29 is 4.79 Å². The molecule has 1 aromatic heterocycles. The second-order valence-corrected chi connectivity index (χ2v) is 7.34. The van der Waals surface area contributed by atoms with Crippen molar-refractivity contribution in [3.63, 3.8) is 0 Å². The second-order valence-electron chi connectivity index (χ2n) is 7.34. The molecule has 6 nitrogen and oxygen atoms in total. The molecule has 1 aromatic rings. The average Bonchev–Trinajstić information content (AvgIpc) is 3.06. The number of rotatable bonds is 7. The van der Waals surface area contributed by atoms with Gasteiger partial charge in [-0.1, -0.05) is 11.6 Å². The van der Waals surface area contributed by atoms with Crippen LogP contribution in [0.2, 0.25) is 0 Å². The van der Waals surface area contributed by atoms with E-state index in [2.05, 4.69) is 38.4 Å². The monoisotopic (exact) mass is 345 g/mol. The first-order valence-electron chi connectivity index (χ1n) is 9.79. The Morgan fingerprint density at radius 2 is 2.04 bits per heavy atom. The van der Waals surface area contributed by atoms with E-state index < -0.39 is 0 Å². The molecule has 138 valence electrons. The minimum Gasteiger partial charge on any atom is -0.354 e. The van der Waals surface area contributed by atoms with Crippen LogP contribution < -0.4 is 10.6 Å². The third kappa shape index (κ3) is 4.69. The molecule has 3 rings (SSSR count). The van der Waals surface area contributed by atoms with Crippen LogP contribution in [0.5, 0.6) is 0 Å². The Hall–Kier alpha value is -1.69. The Morgan fingerprint density at radius 1 is 1.20 bits per heavy atom. The number of nitrogens with zero attached hydrogens (tertiary/aromatic N) is 3. The van der Waals surface area contributed by atoms with Crippen LogP contribution in [0.1, 0.15) is 76.5 Å². The Balaban J connectivity index is 1.46. The summed E-state index contributed by atoms with van der Waals surface area (Å²) < 4.78 is 2.21. The van der Waals surface area contributed by atoms with Gasteiger partial charge in [0, 0.05) is 19.5 Å². The lowest BCUT2D eigenvalue weighted by Gasteiger charge is -2.22. The maximum absolute atomic E-state index is 12.3. The highest BCUT2D eigenvalue weighted by Crippen LogP contribution is 2.20. The molecule has 1 aliphatic carbocycles. The van der Waals surface area contributed by atoms with Gasteiger partial charge in [-0.25, -0.2) is 0 Å². The van der Waals surface area contributed by atoms with E-state index in [4.69, 9.17) is 0 Å². The Labute approximate surface area is 150 Å². The molecule has 0 saturated carbocycles. The Kier molecular flexibility index (Phi) is 6.24. The zero-order valence-electron chi connectivity index (χ0n) is 15.6. The lowest BCUT2D eigenvalue weighted by atomic mass is 9.97. The van der Waals surface area contributed by atoms with Crippen LogP contribution in [0.4, 0.5) is 0 Å². The predicted octanol–water partition coefficient (Wildman–Crippen LogP) is 2.66. The summed E-state index contributed by atoms with van der Waals surface area (Å²) in [5.74, 6) is 2.08. The molecule has 0 aromatic carbocycles. The van der Waals surface area contributed by atoms with Gasteiger partial charge >= 0.3 is 0 Å². The molecule has 2 heterocycles. The van der Waals surface area contributed by atoms with Crippen LogP contribution in [0.3, 0.4) is 0 Å². The number of carbonyl (C=O) groups excluding carboxylic acids is 1. The fourth-order valence-electron chi connectivity index (χ4n) is 3.81. The summed E-state index contributed by atoms with van der Waals surface area (Å²) in [6.07, 6.45) is 11.7. The van der Waals surface area contributed by atoms with Crippen LogP contribution in [0.15, 0.2) is 11.6 Å².